The summed E-state index contributed by atoms with van der Waals surface area (Å²) in [6, 6.07) is 3.20. The van der Waals surface area contributed by atoms with Crippen molar-refractivity contribution in [2.45, 2.75) is 13.8 Å². The van der Waals surface area contributed by atoms with Crippen LogP contribution < -0.4 is 4.67 Å². The van der Waals surface area contributed by atoms with Gasteiger partial charge in [0.2, 0.25) is 0 Å². The van der Waals surface area contributed by atoms with Crippen LogP contribution in [-0.4, -0.2) is 4.92 Å². The molecular weight excluding hydrogens is 327 g/mol. The van der Waals surface area contributed by atoms with Crippen molar-refractivity contribution >= 4 is 55.3 Å². The summed E-state index contributed by atoms with van der Waals surface area (Å²) in [6.45, 7) is 3.55. The molecular formula is C11H8Cl2N2O2S2. The van der Waals surface area contributed by atoms with E-state index >= 15 is 0 Å². The van der Waals surface area contributed by atoms with Crippen LogP contribution >= 0.6 is 43.9 Å². The molecule has 8 heteroatoms. The fourth-order valence-electron chi connectivity index (χ4n) is 1.56. The molecule has 19 heavy (non-hydrogen) atoms. The predicted molar refractivity (Wildman–Crippen MR) is 80.0 cm³/mol. The molecule has 1 aromatic carbocycles. The molecule has 0 aliphatic rings. The summed E-state index contributed by atoms with van der Waals surface area (Å²) in [7, 11) is 2.66. The Morgan fingerprint density at radius 2 is 1.89 bits per heavy atom. The van der Waals surface area contributed by atoms with Crippen molar-refractivity contribution in [1.29, 1.82) is 0 Å². The lowest BCUT2D eigenvalue weighted by atomic mass is 10.1. The summed E-state index contributed by atoms with van der Waals surface area (Å²) in [4.78, 5) is 14.9. The zero-order valence-corrected chi connectivity index (χ0v) is 13.1. The fraction of sp³-hybridized carbons (Fsp3) is 0.182. The van der Waals surface area contributed by atoms with E-state index in [0.717, 1.165) is 5.56 Å². The summed E-state index contributed by atoms with van der Waals surface area (Å²) in [5.74, 6) is 0. The van der Waals surface area contributed by atoms with Crippen molar-refractivity contribution < 1.29 is 4.92 Å². The van der Waals surface area contributed by atoms with Crippen molar-refractivity contribution in [2.75, 3.05) is 0 Å². The third-order valence-corrected chi connectivity index (χ3v) is 5.98. The average Bonchev–Trinajstić information content (AvgIpc) is 2.64. The number of rotatable bonds is 2. The Kier molecular flexibility index (Phi) is 4.25. The summed E-state index contributed by atoms with van der Waals surface area (Å²) < 4.78 is 1.04. The van der Waals surface area contributed by atoms with E-state index in [4.69, 9.17) is 23.2 Å². The average molecular weight is 335 g/mol. The van der Waals surface area contributed by atoms with E-state index in [1.807, 2.05) is 6.92 Å². The molecule has 0 aliphatic carbocycles. The van der Waals surface area contributed by atoms with Crippen LogP contribution in [0, 0.1) is 24.0 Å². The SMILES string of the molecule is Cc1cc(C)c([N+](=O)[O-])cc1N=c1ssc(Cl)c1Cl. The van der Waals surface area contributed by atoms with Gasteiger partial charge < -0.3 is 0 Å². The monoisotopic (exact) mass is 334 g/mol. The van der Waals surface area contributed by atoms with Crippen molar-refractivity contribution in [2.24, 2.45) is 4.99 Å². The summed E-state index contributed by atoms with van der Waals surface area (Å²) >= 11 is 11.9. The first-order valence-corrected chi connectivity index (χ1v) is 8.05. The van der Waals surface area contributed by atoms with Crippen LogP contribution in [0.5, 0.6) is 0 Å². The number of benzene rings is 1. The highest BCUT2D eigenvalue weighted by Crippen LogP contribution is 2.30. The lowest BCUT2D eigenvalue weighted by Gasteiger charge is -2.02. The molecule has 0 aliphatic heterocycles. The minimum Gasteiger partial charge on any atom is -0.258 e. The second-order valence-corrected chi connectivity index (χ2v) is 6.96. The van der Waals surface area contributed by atoms with Gasteiger partial charge in [0.15, 0.2) is 0 Å². The number of hydrogen-bond donors (Lipinski definition) is 0. The van der Waals surface area contributed by atoms with E-state index in [1.165, 1.54) is 26.7 Å². The first kappa shape index (κ1) is 14.5. The summed E-state index contributed by atoms with van der Waals surface area (Å²) in [5, 5.41) is 11.3. The maximum atomic E-state index is 10.9. The van der Waals surface area contributed by atoms with Gasteiger partial charge in [0.25, 0.3) is 5.69 Å². The Morgan fingerprint density at radius 3 is 2.42 bits per heavy atom. The van der Waals surface area contributed by atoms with Crippen LogP contribution in [0.1, 0.15) is 11.1 Å². The Balaban J connectivity index is 2.64. The molecule has 4 nitrogen and oxygen atoms in total. The molecule has 0 spiro atoms. The highest BCUT2D eigenvalue weighted by Gasteiger charge is 2.14. The molecule has 0 saturated carbocycles. The second-order valence-electron chi connectivity index (χ2n) is 3.85. The van der Waals surface area contributed by atoms with Crippen LogP contribution in [-0.2, 0) is 0 Å². The largest absolute Gasteiger partial charge is 0.274 e. The lowest BCUT2D eigenvalue weighted by Crippen LogP contribution is -1.96. The van der Waals surface area contributed by atoms with Gasteiger partial charge in [-0.15, -0.1) is 0 Å². The molecule has 0 amide bonds. The van der Waals surface area contributed by atoms with Gasteiger partial charge in [-0.25, -0.2) is 4.99 Å². The third kappa shape index (κ3) is 2.97. The molecule has 0 N–H and O–H groups in total. The van der Waals surface area contributed by atoms with E-state index in [-0.39, 0.29) is 5.69 Å². The highest BCUT2D eigenvalue weighted by molar-refractivity contribution is 7.69. The Morgan fingerprint density at radius 1 is 1.21 bits per heavy atom. The quantitative estimate of drug-likeness (QED) is 0.446. The Bertz CT molecular complexity index is 722. The van der Waals surface area contributed by atoms with Gasteiger partial charge in [-0.05, 0) is 25.5 Å². The maximum absolute atomic E-state index is 10.9. The van der Waals surface area contributed by atoms with Crippen LogP contribution in [0.25, 0.3) is 0 Å². The van der Waals surface area contributed by atoms with Gasteiger partial charge in [-0.1, -0.05) is 43.9 Å². The minimum absolute atomic E-state index is 0.0480. The van der Waals surface area contributed by atoms with Gasteiger partial charge in [0, 0.05) is 11.6 Å². The molecule has 100 valence electrons. The zero-order valence-electron chi connectivity index (χ0n) is 9.94. The van der Waals surface area contributed by atoms with Gasteiger partial charge in [-0.3, -0.25) is 10.1 Å². The molecule has 2 aromatic rings. The molecule has 0 radical (unpaired) electrons. The van der Waals surface area contributed by atoms with Crippen molar-refractivity contribution in [3.05, 3.63) is 47.4 Å². The Hall–Kier alpha value is -0.950. The van der Waals surface area contributed by atoms with Crippen molar-refractivity contribution in [3.8, 4) is 0 Å². The minimum atomic E-state index is -0.417. The van der Waals surface area contributed by atoms with E-state index < -0.39 is 4.92 Å². The number of hydrogen-bond acceptors (Lipinski definition) is 5. The fourth-order valence-corrected chi connectivity index (χ4v) is 4.30. The first-order chi connectivity index (χ1) is 8.90. The van der Waals surface area contributed by atoms with E-state index in [2.05, 4.69) is 4.99 Å². The first-order valence-electron chi connectivity index (χ1n) is 5.14. The molecule has 0 saturated heterocycles. The maximum Gasteiger partial charge on any atom is 0.274 e. The number of nitro groups is 1. The molecule has 1 heterocycles. The molecule has 1 aromatic heterocycles. The van der Waals surface area contributed by atoms with Gasteiger partial charge in [0.1, 0.15) is 14.0 Å². The Labute approximate surface area is 126 Å². The summed E-state index contributed by atoms with van der Waals surface area (Å²) in [5.41, 5.74) is 2.05. The van der Waals surface area contributed by atoms with Gasteiger partial charge >= 0.3 is 0 Å². The van der Waals surface area contributed by atoms with Crippen LogP contribution in [0.15, 0.2) is 17.1 Å². The van der Waals surface area contributed by atoms with E-state index in [1.54, 1.807) is 13.0 Å². The van der Waals surface area contributed by atoms with Crippen molar-refractivity contribution in [3.63, 3.8) is 0 Å². The topological polar surface area (TPSA) is 55.5 Å². The van der Waals surface area contributed by atoms with Crippen LogP contribution in [0.2, 0.25) is 9.36 Å². The van der Waals surface area contributed by atoms with Gasteiger partial charge in [-0.2, -0.15) is 0 Å². The smallest absolute Gasteiger partial charge is 0.258 e. The number of nitro benzene ring substituents is 1. The number of halogens is 2. The second kappa shape index (κ2) is 5.58. The lowest BCUT2D eigenvalue weighted by molar-refractivity contribution is -0.385. The number of nitrogens with zero attached hydrogens (tertiary/aromatic N) is 2. The molecule has 0 bridgehead atoms. The van der Waals surface area contributed by atoms with E-state index in [0.29, 0.717) is 25.3 Å². The predicted octanol–water partition coefficient (Wildman–Crippen LogP) is 4.87. The molecule has 0 unspecified atom stereocenters. The van der Waals surface area contributed by atoms with Crippen LogP contribution in [0.3, 0.4) is 0 Å². The van der Waals surface area contributed by atoms with Crippen molar-refractivity contribution in [1.82, 2.24) is 0 Å². The zero-order chi connectivity index (χ0) is 14.2. The van der Waals surface area contributed by atoms with Crippen LogP contribution in [0.4, 0.5) is 11.4 Å². The summed E-state index contributed by atoms with van der Waals surface area (Å²) in [6.07, 6.45) is 0. The third-order valence-electron chi connectivity index (χ3n) is 2.49. The molecule has 0 fully saturated rings. The highest BCUT2D eigenvalue weighted by atomic mass is 35.5. The standard InChI is InChI=1S/C11H8Cl2N2O2S2/c1-5-3-6(2)8(15(16)17)4-7(5)14-11-9(12)10(13)18-19-11/h3-4H,1-2H3. The normalized spacial score (nSPS) is 11.9. The molecule has 0 atom stereocenters. The van der Waals surface area contributed by atoms with Gasteiger partial charge in [0.05, 0.1) is 10.6 Å². The van der Waals surface area contributed by atoms with E-state index in [9.17, 15) is 10.1 Å². The molecule has 2 rings (SSSR count). The number of aryl methyl sites for hydroxylation is 2.